The van der Waals surface area contributed by atoms with Gasteiger partial charge < -0.3 is 15.2 Å². The molecule has 0 saturated heterocycles. The number of carboxylic acid groups (broad SMARTS) is 1. The van der Waals surface area contributed by atoms with Crippen molar-refractivity contribution in [2.75, 3.05) is 6.54 Å². The molecular weight excluding hydrogens is 493 g/mol. The normalized spacial score (nSPS) is 22.7. The molecule has 0 aromatic heterocycles. The summed E-state index contributed by atoms with van der Waals surface area (Å²) in [5, 5.41) is 12.4. The Kier molecular flexibility index (Phi) is 5.90. The molecule has 0 radical (unpaired) electrons. The van der Waals surface area contributed by atoms with Crippen LogP contribution in [0.2, 0.25) is 0 Å². The number of benzene rings is 3. The molecule has 1 amide bonds. The molecule has 2 N–H and O–H groups in total. The number of allylic oxidation sites excluding steroid dienone is 2. The molecule has 1 spiro atoms. The number of aliphatic carboxylic acids is 1. The second-order valence-corrected chi connectivity index (χ2v) is 11.8. The van der Waals surface area contributed by atoms with Crippen molar-refractivity contribution in [3.8, 4) is 16.9 Å². The Bertz CT molecular complexity index is 1560. The summed E-state index contributed by atoms with van der Waals surface area (Å²) in [6.45, 7) is 7.04. The van der Waals surface area contributed by atoms with E-state index in [-0.39, 0.29) is 23.7 Å². The lowest BCUT2D eigenvalue weighted by atomic mass is 9.79. The summed E-state index contributed by atoms with van der Waals surface area (Å²) in [5.74, 6) is -1.18. The number of carboxylic acids is 1. The Hall–Kier alpha value is -3.93. The van der Waals surface area contributed by atoms with Crippen molar-refractivity contribution in [1.29, 1.82) is 0 Å². The van der Waals surface area contributed by atoms with Crippen molar-refractivity contribution in [2.24, 2.45) is 11.3 Å². The summed E-state index contributed by atoms with van der Waals surface area (Å²) in [4.78, 5) is 24.2. The van der Waals surface area contributed by atoms with Gasteiger partial charge in [0.25, 0.3) is 5.91 Å². The second kappa shape index (κ2) is 9.08. The highest BCUT2D eigenvalue weighted by molar-refractivity contribution is 5.99. The minimum atomic E-state index is -0.842. The smallest absolute Gasteiger partial charge is 0.307 e. The van der Waals surface area contributed by atoms with E-state index in [0.29, 0.717) is 29.8 Å². The molecule has 1 fully saturated rings. The topological polar surface area (TPSA) is 75.6 Å². The lowest BCUT2D eigenvalue weighted by Crippen LogP contribution is -2.41. The summed E-state index contributed by atoms with van der Waals surface area (Å²) in [6, 6.07) is 16.6. The molecule has 1 heterocycles. The average Bonchev–Trinajstić information content (AvgIpc) is 3.54. The molecular formula is C33H32FNO4. The third kappa shape index (κ3) is 4.32. The number of carbonyl (C=O) groups is 2. The monoisotopic (exact) mass is 525 g/mol. The summed E-state index contributed by atoms with van der Waals surface area (Å²) >= 11 is 0. The third-order valence-electron chi connectivity index (χ3n) is 8.75. The van der Waals surface area contributed by atoms with Gasteiger partial charge in [-0.3, -0.25) is 9.59 Å². The molecule has 3 aromatic carbocycles. The zero-order chi connectivity index (χ0) is 27.5. The molecule has 1 aliphatic heterocycles. The highest BCUT2D eigenvalue weighted by atomic mass is 19.1. The van der Waals surface area contributed by atoms with Gasteiger partial charge in [0.15, 0.2) is 0 Å². The maximum Gasteiger partial charge on any atom is 0.307 e. The van der Waals surface area contributed by atoms with E-state index in [2.05, 4.69) is 31.3 Å². The molecule has 0 unspecified atom stereocenters. The first kappa shape index (κ1) is 25.4. The van der Waals surface area contributed by atoms with E-state index >= 15 is 0 Å². The van der Waals surface area contributed by atoms with Crippen LogP contribution in [0.1, 0.15) is 65.7 Å². The summed E-state index contributed by atoms with van der Waals surface area (Å²) < 4.78 is 21.2. The van der Waals surface area contributed by atoms with Gasteiger partial charge in [0, 0.05) is 23.1 Å². The van der Waals surface area contributed by atoms with Crippen molar-refractivity contribution in [2.45, 2.75) is 52.1 Å². The van der Waals surface area contributed by atoms with Crippen molar-refractivity contribution >= 4 is 17.4 Å². The molecule has 6 heteroatoms. The largest absolute Gasteiger partial charge is 0.489 e. The Morgan fingerprint density at radius 3 is 2.56 bits per heavy atom. The van der Waals surface area contributed by atoms with Crippen LogP contribution in [-0.2, 0) is 16.8 Å². The van der Waals surface area contributed by atoms with Gasteiger partial charge in [-0.05, 0) is 95.8 Å². The van der Waals surface area contributed by atoms with Gasteiger partial charge >= 0.3 is 5.97 Å². The molecule has 2 atom stereocenters. The standard InChI is InChI=1S/C33H32FNO4/c1-19-6-11-29(34)25(13-19)22-9-7-20(14-24(22)26-5-4-12-32(26,2)3)17-39-21-8-10-23-27(15-21)33(18-35-30(23)36)16-28(33)31(37)38/h5-11,13-15,28H,4,12,16-18H2,1-3H3,(H,35,36)(H,37,38)/t28-,33+/m1/s1. The number of rotatable bonds is 6. The van der Waals surface area contributed by atoms with E-state index in [1.54, 1.807) is 18.2 Å². The quantitative estimate of drug-likeness (QED) is 0.377. The molecule has 3 aliphatic rings. The van der Waals surface area contributed by atoms with Crippen LogP contribution in [0.25, 0.3) is 16.7 Å². The van der Waals surface area contributed by atoms with E-state index in [0.717, 1.165) is 40.7 Å². The Balaban J connectivity index is 1.33. The molecule has 6 rings (SSSR count). The fourth-order valence-corrected chi connectivity index (χ4v) is 6.39. The number of amides is 1. The zero-order valence-electron chi connectivity index (χ0n) is 22.4. The van der Waals surface area contributed by atoms with Crippen LogP contribution in [0.4, 0.5) is 4.39 Å². The van der Waals surface area contributed by atoms with Crippen LogP contribution in [-0.4, -0.2) is 23.5 Å². The molecule has 0 bridgehead atoms. The number of fused-ring (bicyclic) bond motifs is 2. The fourth-order valence-electron chi connectivity index (χ4n) is 6.39. The van der Waals surface area contributed by atoms with Crippen molar-refractivity contribution in [3.05, 3.63) is 94.3 Å². The van der Waals surface area contributed by atoms with Gasteiger partial charge in [-0.1, -0.05) is 43.7 Å². The van der Waals surface area contributed by atoms with Gasteiger partial charge in [-0.2, -0.15) is 0 Å². The van der Waals surface area contributed by atoms with Crippen LogP contribution in [0.15, 0.2) is 60.7 Å². The molecule has 3 aromatic rings. The van der Waals surface area contributed by atoms with E-state index < -0.39 is 17.3 Å². The molecule has 1 saturated carbocycles. The van der Waals surface area contributed by atoms with Crippen molar-refractivity contribution in [1.82, 2.24) is 5.32 Å². The van der Waals surface area contributed by atoms with E-state index in [4.69, 9.17) is 4.74 Å². The average molecular weight is 526 g/mol. The number of aryl methyl sites for hydroxylation is 1. The molecule has 200 valence electrons. The van der Waals surface area contributed by atoms with Gasteiger partial charge in [0.05, 0.1) is 5.92 Å². The SMILES string of the molecule is Cc1ccc(F)c(-c2ccc(COc3ccc4c(c3)[C@@]3(CNC4=O)C[C@@H]3C(=O)O)cc2C2=CCCC2(C)C)c1. The van der Waals surface area contributed by atoms with Gasteiger partial charge in [0.2, 0.25) is 0 Å². The van der Waals surface area contributed by atoms with E-state index in [9.17, 15) is 19.1 Å². The number of ether oxygens (including phenoxy) is 1. The van der Waals surface area contributed by atoms with Crippen LogP contribution < -0.4 is 10.1 Å². The van der Waals surface area contributed by atoms with Crippen LogP contribution >= 0.6 is 0 Å². The first-order valence-corrected chi connectivity index (χ1v) is 13.5. The van der Waals surface area contributed by atoms with Gasteiger partial charge in [0.1, 0.15) is 18.2 Å². The van der Waals surface area contributed by atoms with Gasteiger partial charge in [-0.15, -0.1) is 0 Å². The van der Waals surface area contributed by atoms with Crippen LogP contribution in [0.5, 0.6) is 5.75 Å². The maximum absolute atomic E-state index is 15.0. The third-order valence-corrected chi connectivity index (χ3v) is 8.75. The van der Waals surface area contributed by atoms with Crippen LogP contribution in [0, 0.1) is 24.1 Å². The Morgan fingerprint density at radius 2 is 1.85 bits per heavy atom. The molecule has 5 nitrogen and oxygen atoms in total. The highest BCUT2D eigenvalue weighted by Gasteiger charge is 2.62. The molecule has 39 heavy (non-hydrogen) atoms. The number of halogens is 1. The van der Waals surface area contributed by atoms with Gasteiger partial charge in [-0.25, -0.2) is 4.39 Å². The lowest BCUT2D eigenvalue weighted by molar-refractivity contribution is -0.139. The van der Waals surface area contributed by atoms with Crippen molar-refractivity contribution in [3.63, 3.8) is 0 Å². The first-order chi connectivity index (χ1) is 18.6. The van der Waals surface area contributed by atoms with E-state index in [1.807, 2.05) is 31.2 Å². The number of carbonyl (C=O) groups excluding carboxylic acids is 1. The minimum Gasteiger partial charge on any atom is -0.489 e. The van der Waals surface area contributed by atoms with E-state index in [1.165, 1.54) is 11.6 Å². The minimum absolute atomic E-state index is 0.0210. The maximum atomic E-state index is 15.0. The predicted molar refractivity (Wildman–Crippen MR) is 148 cm³/mol. The number of hydrogen-bond acceptors (Lipinski definition) is 3. The highest BCUT2D eigenvalue weighted by Crippen LogP contribution is 2.56. The summed E-state index contributed by atoms with van der Waals surface area (Å²) in [5.41, 5.74) is 6.33. The summed E-state index contributed by atoms with van der Waals surface area (Å²) in [7, 11) is 0. The number of nitrogens with one attached hydrogen (secondary N) is 1. The number of hydrogen-bond donors (Lipinski definition) is 2. The Labute approximate surface area is 227 Å². The summed E-state index contributed by atoms with van der Waals surface area (Å²) in [6.07, 6.45) is 4.80. The predicted octanol–water partition coefficient (Wildman–Crippen LogP) is 6.67. The zero-order valence-corrected chi connectivity index (χ0v) is 22.4. The fraction of sp³-hybridized carbons (Fsp3) is 0.333. The second-order valence-electron chi connectivity index (χ2n) is 11.8. The van der Waals surface area contributed by atoms with Crippen molar-refractivity contribution < 1.29 is 23.8 Å². The van der Waals surface area contributed by atoms with Crippen LogP contribution in [0.3, 0.4) is 0 Å². The lowest BCUT2D eigenvalue weighted by Gasteiger charge is -2.27. The Morgan fingerprint density at radius 1 is 1.05 bits per heavy atom. The molecule has 2 aliphatic carbocycles. The first-order valence-electron chi connectivity index (χ1n) is 13.5.